The predicted octanol–water partition coefficient (Wildman–Crippen LogP) is 3.84. The zero-order chi connectivity index (χ0) is 13.1. The molecule has 96 valence electrons. The smallest absolute Gasteiger partial charge is 0.155 e. The van der Waals surface area contributed by atoms with E-state index in [9.17, 15) is 4.79 Å². The number of aryl methyl sites for hydroxylation is 2. The van der Waals surface area contributed by atoms with Crippen molar-refractivity contribution < 1.29 is 9.53 Å². The van der Waals surface area contributed by atoms with E-state index in [-0.39, 0.29) is 5.78 Å². The molecule has 1 aromatic rings. The van der Waals surface area contributed by atoms with E-state index in [1.807, 2.05) is 6.92 Å². The summed E-state index contributed by atoms with van der Waals surface area (Å²) in [6.07, 6.45) is 4.46. The van der Waals surface area contributed by atoms with E-state index >= 15 is 0 Å². The Morgan fingerprint density at radius 2 is 1.83 bits per heavy atom. The molecular formula is C16H20O2. The van der Waals surface area contributed by atoms with Crippen molar-refractivity contribution in [3.8, 4) is 5.75 Å². The molecule has 0 spiro atoms. The molecule has 1 aliphatic rings. The van der Waals surface area contributed by atoms with Crippen LogP contribution in [-0.2, 0) is 4.79 Å². The van der Waals surface area contributed by atoms with Gasteiger partial charge in [0.2, 0.25) is 0 Å². The number of allylic oxidation sites excluding steroid dienone is 2. The van der Waals surface area contributed by atoms with Crippen molar-refractivity contribution in [3.05, 3.63) is 34.9 Å². The lowest BCUT2D eigenvalue weighted by Gasteiger charge is -2.16. The van der Waals surface area contributed by atoms with Crippen LogP contribution >= 0.6 is 0 Å². The van der Waals surface area contributed by atoms with Gasteiger partial charge in [-0.3, -0.25) is 4.79 Å². The lowest BCUT2D eigenvalue weighted by Crippen LogP contribution is -2.03. The van der Waals surface area contributed by atoms with Crippen LogP contribution in [0.2, 0.25) is 0 Å². The Morgan fingerprint density at radius 3 is 2.39 bits per heavy atom. The molecule has 0 aliphatic heterocycles. The molecule has 0 atom stereocenters. The second kappa shape index (κ2) is 5.38. The van der Waals surface area contributed by atoms with Crippen LogP contribution in [0.4, 0.5) is 0 Å². The lowest BCUT2D eigenvalue weighted by molar-refractivity contribution is -0.114. The first kappa shape index (κ1) is 12.9. The van der Waals surface area contributed by atoms with Gasteiger partial charge in [-0.1, -0.05) is 0 Å². The van der Waals surface area contributed by atoms with Crippen molar-refractivity contribution >= 4 is 11.4 Å². The zero-order valence-electron chi connectivity index (χ0n) is 11.4. The molecule has 0 saturated heterocycles. The number of hydrogen-bond donors (Lipinski definition) is 0. The molecule has 0 unspecified atom stereocenters. The summed E-state index contributed by atoms with van der Waals surface area (Å²) in [7, 11) is 0. The number of ketones is 1. The van der Waals surface area contributed by atoms with Crippen LogP contribution in [0.15, 0.2) is 18.2 Å². The van der Waals surface area contributed by atoms with Gasteiger partial charge in [0.25, 0.3) is 0 Å². The third kappa shape index (κ3) is 2.63. The molecule has 2 nitrogen and oxygen atoms in total. The fraction of sp³-hybridized carbons (Fsp3) is 0.438. The molecule has 0 N–H and O–H groups in total. The number of rotatable bonds is 3. The van der Waals surface area contributed by atoms with Gasteiger partial charge in [0.15, 0.2) is 5.78 Å². The maximum absolute atomic E-state index is 11.5. The molecule has 0 fully saturated rings. The van der Waals surface area contributed by atoms with E-state index in [4.69, 9.17) is 4.74 Å². The summed E-state index contributed by atoms with van der Waals surface area (Å²) in [5, 5.41) is 0. The summed E-state index contributed by atoms with van der Waals surface area (Å²) >= 11 is 0. The molecule has 0 heterocycles. The summed E-state index contributed by atoms with van der Waals surface area (Å²) in [5.74, 6) is 1.23. The van der Waals surface area contributed by atoms with E-state index in [2.05, 4.69) is 26.0 Å². The van der Waals surface area contributed by atoms with Gasteiger partial charge in [0.1, 0.15) is 5.75 Å². The van der Waals surface area contributed by atoms with Gasteiger partial charge in [0.05, 0.1) is 6.61 Å². The number of ether oxygens (including phenoxy) is 1. The van der Waals surface area contributed by atoms with Gasteiger partial charge in [0, 0.05) is 6.42 Å². The number of carbonyl (C=O) groups excluding carboxylic acids is 1. The molecule has 0 amide bonds. The Morgan fingerprint density at radius 1 is 1.17 bits per heavy atom. The number of hydrogen-bond acceptors (Lipinski definition) is 2. The zero-order valence-corrected chi connectivity index (χ0v) is 11.4. The maximum atomic E-state index is 11.5. The monoisotopic (exact) mass is 244 g/mol. The molecule has 0 radical (unpaired) electrons. The maximum Gasteiger partial charge on any atom is 0.155 e. The minimum absolute atomic E-state index is 0.250. The first-order chi connectivity index (χ1) is 8.61. The first-order valence-corrected chi connectivity index (χ1v) is 6.59. The van der Waals surface area contributed by atoms with Crippen molar-refractivity contribution in [1.82, 2.24) is 0 Å². The molecular weight excluding hydrogens is 224 g/mol. The number of carbonyl (C=O) groups is 1. The van der Waals surface area contributed by atoms with E-state index in [1.54, 1.807) is 6.08 Å². The predicted molar refractivity (Wildman–Crippen MR) is 73.9 cm³/mol. The van der Waals surface area contributed by atoms with Gasteiger partial charge in [-0.25, -0.2) is 0 Å². The molecule has 0 aromatic heterocycles. The Bertz CT molecular complexity index is 475. The van der Waals surface area contributed by atoms with Crippen LogP contribution in [0.25, 0.3) is 5.57 Å². The fourth-order valence-electron chi connectivity index (χ4n) is 2.53. The van der Waals surface area contributed by atoms with E-state index in [0.717, 1.165) is 29.7 Å². The fourth-order valence-corrected chi connectivity index (χ4v) is 2.53. The third-order valence-corrected chi connectivity index (χ3v) is 3.32. The second-order valence-electron chi connectivity index (χ2n) is 4.86. The highest BCUT2D eigenvalue weighted by Gasteiger charge is 2.14. The van der Waals surface area contributed by atoms with Crippen molar-refractivity contribution in [3.63, 3.8) is 0 Å². The Balaban J connectivity index is 2.38. The topological polar surface area (TPSA) is 26.3 Å². The van der Waals surface area contributed by atoms with E-state index in [1.165, 1.54) is 11.1 Å². The van der Waals surface area contributed by atoms with Gasteiger partial charge < -0.3 is 4.74 Å². The normalized spacial score (nSPS) is 15.5. The molecule has 0 bridgehead atoms. The van der Waals surface area contributed by atoms with E-state index < -0.39 is 0 Å². The minimum Gasteiger partial charge on any atom is -0.493 e. The third-order valence-electron chi connectivity index (χ3n) is 3.32. The summed E-state index contributed by atoms with van der Waals surface area (Å²) in [5.41, 5.74) is 4.62. The van der Waals surface area contributed by atoms with Crippen LogP contribution in [0.5, 0.6) is 5.75 Å². The SMILES string of the molecule is CCOc1c(C)cc(C2=CC(=O)CCC2)cc1C. The summed E-state index contributed by atoms with van der Waals surface area (Å²) in [6, 6.07) is 4.25. The van der Waals surface area contributed by atoms with Crippen LogP contribution in [0.1, 0.15) is 42.9 Å². The number of benzene rings is 1. The standard InChI is InChI=1S/C16H20O2/c1-4-18-16-11(2)8-14(9-12(16)3)13-6-5-7-15(17)10-13/h8-10H,4-7H2,1-3H3. The summed E-state index contributed by atoms with van der Waals surface area (Å²) in [6.45, 7) is 6.80. The van der Waals surface area contributed by atoms with Crippen LogP contribution in [0, 0.1) is 13.8 Å². The van der Waals surface area contributed by atoms with Crippen molar-refractivity contribution in [2.75, 3.05) is 6.61 Å². The Hall–Kier alpha value is -1.57. The van der Waals surface area contributed by atoms with Gasteiger partial charge in [-0.05, 0) is 74.1 Å². The average Bonchev–Trinajstić information content (AvgIpc) is 2.33. The largest absolute Gasteiger partial charge is 0.493 e. The van der Waals surface area contributed by atoms with Crippen molar-refractivity contribution in [2.24, 2.45) is 0 Å². The molecule has 1 aliphatic carbocycles. The van der Waals surface area contributed by atoms with Gasteiger partial charge in [-0.15, -0.1) is 0 Å². The van der Waals surface area contributed by atoms with Gasteiger partial charge in [-0.2, -0.15) is 0 Å². The second-order valence-corrected chi connectivity index (χ2v) is 4.86. The van der Waals surface area contributed by atoms with Crippen molar-refractivity contribution in [2.45, 2.75) is 40.0 Å². The van der Waals surface area contributed by atoms with E-state index in [0.29, 0.717) is 13.0 Å². The highest BCUT2D eigenvalue weighted by atomic mass is 16.5. The highest BCUT2D eigenvalue weighted by Crippen LogP contribution is 2.31. The summed E-state index contributed by atoms with van der Waals surface area (Å²) < 4.78 is 5.64. The summed E-state index contributed by atoms with van der Waals surface area (Å²) in [4.78, 5) is 11.5. The van der Waals surface area contributed by atoms with Crippen LogP contribution < -0.4 is 4.74 Å². The lowest BCUT2D eigenvalue weighted by atomic mass is 9.91. The first-order valence-electron chi connectivity index (χ1n) is 6.59. The van der Waals surface area contributed by atoms with Gasteiger partial charge >= 0.3 is 0 Å². The van der Waals surface area contributed by atoms with Crippen LogP contribution in [0.3, 0.4) is 0 Å². The molecule has 18 heavy (non-hydrogen) atoms. The minimum atomic E-state index is 0.250. The van der Waals surface area contributed by atoms with Crippen molar-refractivity contribution in [1.29, 1.82) is 0 Å². The Kier molecular flexibility index (Phi) is 3.85. The quantitative estimate of drug-likeness (QED) is 0.807. The molecule has 0 saturated carbocycles. The molecule has 2 rings (SSSR count). The average molecular weight is 244 g/mol. The van der Waals surface area contributed by atoms with Crippen LogP contribution in [-0.4, -0.2) is 12.4 Å². The molecule has 1 aromatic carbocycles. The Labute approximate surface area is 109 Å². The highest BCUT2D eigenvalue weighted by molar-refractivity contribution is 5.98. The molecule has 2 heteroatoms.